The molecule has 0 bridgehead atoms. The van der Waals surface area contributed by atoms with Crippen LogP contribution in [0.5, 0.6) is 0 Å². The van der Waals surface area contributed by atoms with Gasteiger partial charge in [-0.05, 0) is 63.0 Å². The molecule has 2 aliphatic rings. The lowest BCUT2D eigenvalue weighted by Crippen LogP contribution is -2.24. The third kappa shape index (κ3) is 5.76. The molecule has 2 aliphatic heterocycles. The van der Waals surface area contributed by atoms with Crippen LogP contribution in [-0.2, 0) is 5.41 Å². The Kier molecular flexibility index (Phi) is 7.83. The summed E-state index contributed by atoms with van der Waals surface area (Å²) in [5.74, 6) is -0.175. The second-order valence-electron chi connectivity index (χ2n) is 9.10. The zero-order chi connectivity index (χ0) is 27.1. The monoisotopic (exact) mass is 574 g/mol. The van der Waals surface area contributed by atoms with Crippen molar-refractivity contribution >= 4 is 78.2 Å². The average Bonchev–Trinajstić information content (AvgIpc) is 3.61. The average molecular weight is 575 g/mol. The smallest absolute Gasteiger partial charge is 0.211 e. The van der Waals surface area contributed by atoms with E-state index in [2.05, 4.69) is 20.0 Å². The lowest BCUT2D eigenvalue weighted by molar-refractivity contribution is -0.329. The maximum Gasteiger partial charge on any atom is 0.211 e. The first-order valence-corrected chi connectivity index (χ1v) is 14.5. The van der Waals surface area contributed by atoms with Crippen molar-refractivity contribution in [2.24, 2.45) is 20.0 Å². The molecule has 4 rings (SSSR count). The number of allylic oxidation sites excluding steroid dienone is 2. The molecule has 0 atom stereocenters. The highest BCUT2D eigenvalue weighted by Crippen LogP contribution is 2.38. The van der Waals surface area contributed by atoms with Gasteiger partial charge in [0.1, 0.15) is 0 Å². The molecule has 2 aromatic heterocycles. The van der Waals surface area contributed by atoms with Crippen molar-refractivity contribution in [1.29, 1.82) is 0 Å². The summed E-state index contributed by atoms with van der Waals surface area (Å²) < 4.78 is 0. The first-order valence-electron chi connectivity index (χ1n) is 11.1. The molecule has 0 spiro atoms. The molecule has 4 heterocycles. The molecule has 37 heavy (non-hydrogen) atoms. The van der Waals surface area contributed by atoms with Crippen LogP contribution in [0, 0.1) is 0 Å². The highest BCUT2D eigenvalue weighted by Gasteiger charge is 2.30. The Morgan fingerprint density at radius 1 is 0.757 bits per heavy atom. The van der Waals surface area contributed by atoms with Crippen molar-refractivity contribution in [3.63, 3.8) is 0 Å². The van der Waals surface area contributed by atoms with Crippen molar-refractivity contribution in [2.45, 2.75) is 33.1 Å². The molecule has 0 aromatic carbocycles. The number of amidine groups is 2. The fourth-order valence-corrected chi connectivity index (χ4v) is 6.91. The van der Waals surface area contributed by atoms with Crippen LogP contribution >= 0.6 is 46.2 Å². The Hall–Kier alpha value is -2.68. The van der Waals surface area contributed by atoms with Crippen LogP contribution < -0.4 is 10.2 Å². The molecular weight excluding hydrogens is 549 g/mol. The number of rotatable bonds is 6. The molecule has 0 fully saturated rings. The van der Waals surface area contributed by atoms with Gasteiger partial charge >= 0.3 is 0 Å². The van der Waals surface area contributed by atoms with Crippen LogP contribution in [0.3, 0.4) is 0 Å². The van der Waals surface area contributed by atoms with Gasteiger partial charge in [0.15, 0.2) is 10.3 Å². The second kappa shape index (κ2) is 10.6. The molecule has 0 radical (unpaired) electrons. The van der Waals surface area contributed by atoms with Crippen molar-refractivity contribution in [2.75, 3.05) is 28.2 Å². The summed E-state index contributed by atoms with van der Waals surface area (Å²) in [7, 11) is 6.86. The van der Waals surface area contributed by atoms with Gasteiger partial charge in [0.05, 0.1) is 28.2 Å². The normalized spacial score (nSPS) is 21.0. The van der Waals surface area contributed by atoms with E-state index in [1.165, 1.54) is 56.0 Å². The quantitative estimate of drug-likeness (QED) is 0.480. The molecule has 0 saturated carbocycles. The van der Waals surface area contributed by atoms with Gasteiger partial charge in [-0.2, -0.15) is 9.98 Å². The molecule has 0 aliphatic carbocycles. The highest BCUT2D eigenvalue weighted by atomic mass is 32.2. The van der Waals surface area contributed by atoms with E-state index in [-0.39, 0.29) is 11.8 Å². The zero-order valence-corrected chi connectivity index (χ0v) is 24.9. The molecular formula is C23H26N8O2S4-2. The summed E-state index contributed by atoms with van der Waals surface area (Å²) >= 11 is 5.35. The predicted molar refractivity (Wildman–Crippen MR) is 153 cm³/mol. The Bertz CT molecular complexity index is 1300. The standard InChI is InChI=1S/C23H28N8O2S4/c1-11-15(17(32)30(5)6)36-21(24-11)28-19-26-13(9-34-19)23(3,4)14-10-35-20(27-14)29-22-25-12(2)16(37-22)18(33)31(7)8/h9-10,32-33H,1-8H3/p-2/b17-15+,18-16+,28-21+,29-22+. The molecule has 0 amide bonds. The van der Waals surface area contributed by atoms with Crippen molar-refractivity contribution in [3.8, 4) is 0 Å². The van der Waals surface area contributed by atoms with E-state index in [4.69, 9.17) is 9.97 Å². The van der Waals surface area contributed by atoms with Gasteiger partial charge in [-0.3, -0.25) is 0 Å². The van der Waals surface area contributed by atoms with Gasteiger partial charge in [-0.1, -0.05) is 0 Å². The Labute approximate surface area is 232 Å². The first kappa shape index (κ1) is 27.4. The largest absolute Gasteiger partial charge is 0.860 e. The molecule has 0 saturated heterocycles. The van der Waals surface area contributed by atoms with Crippen molar-refractivity contribution in [1.82, 2.24) is 19.8 Å². The number of aromatic nitrogens is 2. The Morgan fingerprint density at radius 3 is 1.49 bits per heavy atom. The number of hydrogen-bond acceptors (Lipinski definition) is 12. The maximum atomic E-state index is 12.3. The van der Waals surface area contributed by atoms with Crippen LogP contribution in [-0.4, -0.2) is 69.7 Å². The molecule has 2 aromatic rings. The van der Waals surface area contributed by atoms with E-state index in [1.807, 2.05) is 38.5 Å². The van der Waals surface area contributed by atoms with E-state index in [1.54, 1.807) is 28.2 Å². The van der Waals surface area contributed by atoms with Gasteiger partial charge in [-0.15, -0.1) is 22.7 Å². The highest BCUT2D eigenvalue weighted by molar-refractivity contribution is 8.18. The number of thiazole rings is 2. The summed E-state index contributed by atoms with van der Waals surface area (Å²) in [6, 6.07) is 0. The van der Waals surface area contributed by atoms with Gasteiger partial charge in [0.25, 0.3) is 0 Å². The van der Waals surface area contributed by atoms with Crippen LogP contribution in [0.2, 0.25) is 0 Å². The van der Waals surface area contributed by atoms with Gasteiger partial charge in [-0.25, -0.2) is 20.0 Å². The SMILES string of the molecule is CC1=NC(=N\c2nc(C(C)(C)c3csc(/N=C4N=C(C)/C(=C(\[O-])N(C)C)S\4)n3)cs2)/S/C1=C(/[O-])N(C)C. The third-order valence-corrected chi connectivity index (χ3v) is 8.97. The van der Waals surface area contributed by atoms with Crippen molar-refractivity contribution < 1.29 is 10.2 Å². The molecule has 196 valence electrons. The molecule has 10 nitrogen and oxygen atoms in total. The third-order valence-electron chi connectivity index (χ3n) is 5.42. The molecule has 14 heteroatoms. The van der Waals surface area contributed by atoms with E-state index in [9.17, 15) is 10.2 Å². The topological polar surface area (TPSA) is 128 Å². The van der Waals surface area contributed by atoms with Crippen LogP contribution in [0.15, 0.2) is 52.3 Å². The minimum atomic E-state index is -0.482. The Morgan fingerprint density at radius 2 is 1.14 bits per heavy atom. The lowest BCUT2D eigenvalue weighted by atomic mass is 9.87. The predicted octanol–water partition coefficient (Wildman–Crippen LogP) is 3.50. The Balaban J connectivity index is 1.52. The van der Waals surface area contributed by atoms with Gasteiger partial charge in [0.2, 0.25) is 10.3 Å². The van der Waals surface area contributed by atoms with Crippen molar-refractivity contribution in [3.05, 3.63) is 43.7 Å². The number of thioether (sulfide) groups is 2. The summed E-state index contributed by atoms with van der Waals surface area (Å²) in [6.45, 7) is 7.71. The van der Waals surface area contributed by atoms with E-state index < -0.39 is 5.41 Å². The van der Waals surface area contributed by atoms with Crippen LogP contribution in [0.1, 0.15) is 39.1 Å². The van der Waals surface area contributed by atoms with Crippen LogP contribution in [0.25, 0.3) is 0 Å². The van der Waals surface area contributed by atoms with E-state index >= 15 is 0 Å². The summed E-state index contributed by atoms with van der Waals surface area (Å²) in [4.78, 5) is 31.6. The van der Waals surface area contributed by atoms with E-state index in [0.717, 1.165) is 11.4 Å². The summed E-state index contributed by atoms with van der Waals surface area (Å²) in [5, 5.41) is 30.7. The number of aliphatic imine (C=N–C) groups is 4. The van der Waals surface area contributed by atoms with E-state index in [0.29, 0.717) is 41.8 Å². The fraction of sp³-hybridized carbons (Fsp3) is 0.391. The minimum Gasteiger partial charge on any atom is -0.860 e. The molecule has 0 N–H and O–H groups in total. The van der Waals surface area contributed by atoms with Crippen LogP contribution in [0.4, 0.5) is 10.3 Å². The minimum absolute atomic E-state index is 0.0874. The zero-order valence-electron chi connectivity index (χ0n) is 21.7. The van der Waals surface area contributed by atoms with Gasteiger partial charge < -0.3 is 20.0 Å². The fourth-order valence-electron chi connectivity index (χ4n) is 3.16. The number of nitrogens with zero attached hydrogens (tertiary/aromatic N) is 8. The number of hydrogen-bond donors (Lipinski definition) is 0. The summed E-state index contributed by atoms with van der Waals surface area (Å²) in [5.41, 5.74) is 2.49. The second-order valence-corrected chi connectivity index (χ2v) is 12.7. The lowest BCUT2D eigenvalue weighted by Gasteiger charge is -2.24. The van der Waals surface area contributed by atoms with Gasteiger partial charge in [0, 0.05) is 48.8 Å². The maximum absolute atomic E-state index is 12.3. The molecule has 0 unspecified atom stereocenters. The summed E-state index contributed by atoms with van der Waals surface area (Å²) in [6.07, 6.45) is 0. The first-order chi connectivity index (χ1) is 17.4.